The van der Waals surface area contributed by atoms with E-state index in [0.29, 0.717) is 0 Å². The third-order valence-electron chi connectivity index (χ3n) is 2.95. The third-order valence-corrected chi connectivity index (χ3v) is 2.95. The first kappa shape index (κ1) is 7.80. The van der Waals surface area contributed by atoms with Crippen LogP contribution < -0.4 is 5.73 Å². The van der Waals surface area contributed by atoms with Crippen molar-refractivity contribution in [3.63, 3.8) is 0 Å². The molecule has 0 bridgehead atoms. The van der Waals surface area contributed by atoms with Crippen LogP contribution >= 0.6 is 0 Å². The summed E-state index contributed by atoms with van der Waals surface area (Å²) >= 11 is 0. The summed E-state index contributed by atoms with van der Waals surface area (Å²) in [6.07, 6.45) is 3.70. The van der Waals surface area contributed by atoms with Gasteiger partial charge < -0.3 is 5.73 Å². The molecule has 0 atom stereocenters. The van der Waals surface area contributed by atoms with Gasteiger partial charge in [-0.15, -0.1) is 0 Å². The van der Waals surface area contributed by atoms with E-state index < -0.39 is 0 Å². The Labute approximate surface area is 72.4 Å². The number of aryl methyl sites for hydroxylation is 1. The van der Waals surface area contributed by atoms with Gasteiger partial charge in [0.25, 0.3) is 0 Å². The van der Waals surface area contributed by atoms with Gasteiger partial charge >= 0.3 is 0 Å². The van der Waals surface area contributed by atoms with Gasteiger partial charge in [-0.3, -0.25) is 5.10 Å². The molecule has 1 aliphatic carbocycles. The second kappa shape index (κ2) is 2.59. The molecule has 2 rings (SSSR count). The van der Waals surface area contributed by atoms with E-state index in [1.54, 1.807) is 0 Å². The first-order valence-corrected chi connectivity index (χ1v) is 4.49. The largest absolute Gasteiger partial charge is 0.330 e. The highest BCUT2D eigenvalue weighted by Gasteiger charge is 2.39. The van der Waals surface area contributed by atoms with Crippen molar-refractivity contribution in [2.45, 2.75) is 31.6 Å². The Bertz CT molecular complexity index is 268. The van der Waals surface area contributed by atoms with E-state index in [1.165, 1.54) is 19.3 Å². The number of rotatable bonds is 2. The van der Waals surface area contributed by atoms with Crippen molar-refractivity contribution >= 4 is 0 Å². The zero-order valence-corrected chi connectivity index (χ0v) is 7.43. The summed E-state index contributed by atoms with van der Waals surface area (Å²) in [5.41, 5.74) is 8.26. The Morgan fingerprint density at radius 2 is 2.42 bits per heavy atom. The van der Waals surface area contributed by atoms with E-state index in [4.69, 9.17) is 5.73 Å². The second-order valence-electron chi connectivity index (χ2n) is 3.77. The van der Waals surface area contributed by atoms with Gasteiger partial charge in [0.1, 0.15) is 0 Å². The highest BCUT2D eigenvalue weighted by molar-refractivity contribution is 5.22. The molecular weight excluding hydrogens is 150 g/mol. The van der Waals surface area contributed by atoms with Crippen LogP contribution in [-0.2, 0) is 5.41 Å². The summed E-state index contributed by atoms with van der Waals surface area (Å²) in [7, 11) is 0. The lowest BCUT2D eigenvalue weighted by Crippen LogP contribution is -2.41. The Kier molecular flexibility index (Phi) is 1.68. The van der Waals surface area contributed by atoms with Crippen molar-refractivity contribution in [1.82, 2.24) is 10.2 Å². The van der Waals surface area contributed by atoms with Crippen molar-refractivity contribution in [2.24, 2.45) is 5.73 Å². The van der Waals surface area contributed by atoms with Crippen molar-refractivity contribution in [1.29, 1.82) is 0 Å². The fraction of sp³-hybridized carbons (Fsp3) is 0.667. The molecule has 1 heterocycles. The highest BCUT2D eigenvalue weighted by atomic mass is 15.1. The number of nitrogens with one attached hydrogen (secondary N) is 1. The normalized spacial score (nSPS) is 20.5. The van der Waals surface area contributed by atoms with Crippen molar-refractivity contribution in [3.05, 3.63) is 17.5 Å². The maximum atomic E-state index is 5.76. The third kappa shape index (κ3) is 0.966. The molecule has 0 aromatic carbocycles. The first-order chi connectivity index (χ1) is 5.77. The predicted octanol–water partition coefficient (Wildman–Crippen LogP) is 1.10. The van der Waals surface area contributed by atoms with Crippen molar-refractivity contribution in [2.75, 3.05) is 6.54 Å². The lowest BCUT2D eigenvalue weighted by molar-refractivity contribution is 0.245. The van der Waals surface area contributed by atoms with E-state index in [-0.39, 0.29) is 5.41 Å². The quantitative estimate of drug-likeness (QED) is 0.689. The number of nitrogens with two attached hydrogens (primary N) is 1. The number of H-pyrrole nitrogens is 1. The minimum atomic E-state index is 0.213. The minimum Gasteiger partial charge on any atom is -0.330 e. The summed E-state index contributed by atoms with van der Waals surface area (Å²) in [6.45, 7) is 2.76. The first-order valence-electron chi connectivity index (χ1n) is 4.49. The molecule has 0 saturated heterocycles. The number of hydrogen-bond acceptors (Lipinski definition) is 2. The van der Waals surface area contributed by atoms with Gasteiger partial charge in [-0.2, -0.15) is 5.10 Å². The van der Waals surface area contributed by atoms with Crippen LogP contribution in [0.5, 0.6) is 0 Å². The molecule has 0 radical (unpaired) electrons. The van der Waals surface area contributed by atoms with Gasteiger partial charge in [0.05, 0.1) is 5.69 Å². The minimum absolute atomic E-state index is 0.213. The zero-order chi connectivity index (χ0) is 8.60. The van der Waals surface area contributed by atoms with E-state index >= 15 is 0 Å². The molecule has 0 amide bonds. The van der Waals surface area contributed by atoms with E-state index in [2.05, 4.69) is 16.3 Å². The average molecular weight is 165 g/mol. The molecule has 3 heteroatoms. The Morgan fingerprint density at radius 1 is 1.67 bits per heavy atom. The molecule has 1 aromatic heterocycles. The van der Waals surface area contributed by atoms with Gasteiger partial charge in [0.15, 0.2) is 0 Å². The van der Waals surface area contributed by atoms with Crippen LogP contribution in [0.4, 0.5) is 0 Å². The lowest BCUT2D eigenvalue weighted by atomic mass is 9.67. The Hall–Kier alpha value is -0.830. The fourth-order valence-electron chi connectivity index (χ4n) is 1.86. The van der Waals surface area contributed by atoms with Crippen LogP contribution in [0.25, 0.3) is 0 Å². The van der Waals surface area contributed by atoms with Crippen LogP contribution in [0.3, 0.4) is 0 Å². The molecule has 1 aromatic rings. The summed E-state index contributed by atoms with van der Waals surface area (Å²) in [5.74, 6) is 0. The van der Waals surface area contributed by atoms with Crippen LogP contribution in [0.1, 0.15) is 30.7 Å². The monoisotopic (exact) mass is 165 g/mol. The maximum Gasteiger partial charge on any atom is 0.0699 e. The number of aromatic nitrogens is 2. The average Bonchev–Trinajstić information content (AvgIpc) is 2.35. The highest BCUT2D eigenvalue weighted by Crippen LogP contribution is 2.41. The van der Waals surface area contributed by atoms with E-state index in [0.717, 1.165) is 17.9 Å². The van der Waals surface area contributed by atoms with Gasteiger partial charge in [0.2, 0.25) is 0 Å². The lowest BCUT2D eigenvalue weighted by Gasteiger charge is -2.39. The van der Waals surface area contributed by atoms with Crippen molar-refractivity contribution < 1.29 is 0 Å². The maximum absolute atomic E-state index is 5.76. The van der Waals surface area contributed by atoms with Gasteiger partial charge in [-0.1, -0.05) is 6.42 Å². The van der Waals surface area contributed by atoms with Crippen molar-refractivity contribution in [3.8, 4) is 0 Å². The molecule has 0 spiro atoms. The summed E-state index contributed by atoms with van der Waals surface area (Å²) in [6, 6.07) is 2.12. The molecule has 3 N–H and O–H groups in total. The molecular formula is C9H15N3. The van der Waals surface area contributed by atoms with E-state index in [1.807, 2.05) is 6.92 Å². The smallest absolute Gasteiger partial charge is 0.0699 e. The molecule has 0 unspecified atom stereocenters. The van der Waals surface area contributed by atoms with Crippen LogP contribution in [0, 0.1) is 6.92 Å². The summed E-state index contributed by atoms with van der Waals surface area (Å²) in [4.78, 5) is 0. The van der Waals surface area contributed by atoms with Crippen LogP contribution in [0.2, 0.25) is 0 Å². The number of nitrogens with zero attached hydrogens (tertiary/aromatic N) is 1. The zero-order valence-electron chi connectivity index (χ0n) is 7.43. The SMILES string of the molecule is Cc1cc(C2(CN)CCC2)n[nH]1. The summed E-state index contributed by atoms with van der Waals surface area (Å²) < 4.78 is 0. The fourth-order valence-corrected chi connectivity index (χ4v) is 1.86. The van der Waals surface area contributed by atoms with Crippen LogP contribution in [-0.4, -0.2) is 16.7 Å². The number of hydrogen-bond donors (Lipinski definition) is 2. The van der Waals surface area contributed by atoms with Crippen LogP contribution in [0.15, 0.2) is 6.07 Å². The molecule has 1 fully saturated rings. The Balaban J connectivity index is 2.27. The molecule has 1 saturated carbocycles. The molecule has 12 heavy (non-hydrogen) atoms. The van der Waals surface area contributed by atoms with E-state index in [9.17, 15) is 0 Å². The number of aromatic amines is 1. The van der Waals surface area contributed by atoms with Gasteiger partial charge in [-0.25, -0.2) is 0 Å². The Morgan fingerprint density at radius 3 is 2.75 bits per heavy atom. The predicted molar refractivity (Wildman–Crippen MR) is 47.9 cm³/mol. The molecule has 3 nitrogen and oxygen atoms in total. The summed E-state index contributed by atoms with van der Waals surface area (Å²) in [5, 5.41) is 7.25. The molecule has 1 aliphatic rings. The molecule has 0 aliphatic heterocycles. The molecule has 66 valence electrons. The second-order valence-corrected chi connectivity index (χ2v) is 3.77. The topological polar surface area (TPSA) is 54.7 Å². The van der Waals surface area contributed by atoms with Gasteiger partial charge in [0, 0.05) is 17.7 Å². The standard InChI is InChI=1S/C9H15N3/c1-7-5-8(12-11-7)9(6-10)3-2-4-9/h5H,2-4,6,10H2,1H3,(H,11,12). The van der Waals surface area contributed by atoms with Gasteiger partial charge in [-0.05, 0) is 25.8 Å².